The van der Waals surface area contributed by atoms with Crippen molar-refractivity contribution >= 4 is 37.5 Å². The average molecular weight is 1090 g/mol. The Morgan fingerprint density at radius 3 is 2.21 bits per heavy atom. The first-order chi connectivity index (χ1) is 35.7. The first-order valence-electron chi connectivity index (χ1n) is 28.4. The highest BCUT2D eigenvalue weighted by Gasteiger charge is 2.53. The van der Waals surface area contributed by atoms with Crippen LogP contribution in [0.25, 0.3) is 0 Å². The van der Waals surface area contributed by atoms with Crippen molar-refractivity contribution in [1.82, 2.24) is 4.90 Å². The summed E-state index contributed by atoms with van der Waals surface area (Å²) >= 11 is 0. The summed E-state index contributed by atoms with van der Waals surface area (Å²) in [5, 5.41) is 23.7. The summed E-state index contributed by atoms with van der Waals surface area (Å²) in [5.74, 6) is -7.85. The summed E-state index contributed by atoms with van der Waals surface area (Å²) in [7, 11) is 2.81. The van der Waals surface area contributed by atoms with Gasteiger partial charge in [0.05, 0.1) is 24.4 Å². The van der Waals surface area contributed by atoms with Crippen LogP contribution in [-0.2, 0) is 56.8 Å². The number of methoxy groups -OCH3 is 3. The maximum atomic E-state index is 14.6. The van der Waals surface area contributed by atoms with E-state index in [9.17, 15) is 34.2 Å². The molecule has 432 valence electrons. The molecule has 0 spiro atoms. The number of ketones is 3. The van der Waals surface area contributed by atoms with Crippen LogP contribution < -0.4 is 0 Å². The van der Waals surface area contributed by atoms with Gasteiger partial charge in [-0.25, -0.2) is 4.79 Å². The number of ether oxygens (including phenoxy) is 6. The lowest BCUT2D eigenvalue weighted by Gasteiger charge is -2.42. The highest BCUT2D eigenvalue weighted by molar-refractivity contribution is 6.74. The Morgan fingerprint density at radius 1 is 0.842 bits per heavy atom. The van der Waals surface area contributed by atoms with Crippen LogP contribution in [0.1, 0.15) is 153 Å². The molecule has 2 N–H and O–H groups in total. The van der Waals surface area contributed by atoms with E-state index in [1.807, 2.05) is 58.1 Å². The third kappa shape index (κ3) is 17.9. The summed E-state index contributed by atoms with van der Waals surface area (Å²) in [5.41, 5.74) is 1.28. The van der Waals surface area contributed by atoms with E-state index in [-0.39, 0.29) is 66.0 Å². The molecule has 1 unspecified atom stereocenters. The van der Waals surface area contributed by atoms with E-state index >= 15 is 0 Å². The Morgan fingerprint density at radius 2 is 1.55 bits per heavy atom. The lowest BCUT2D eigenvalue weighted by atomic mass is 9.78. The SMILES string of the molecule is CO[C@H]1C[C@@H]2CC[C@@H](C)[C@@](O)(O2)C(=O)C(=O)N2CCCC[C@H]2C(=O)O[C@H](C(C)C[C@@H]2CC[C@@H](OCCCO[Si](C)(C)C(C)(C)C)[C@H](OC)C2)CC(=O)[C@H](C)/C=C(\C)[C@@H](O)[C@@H](OC)C(=O)[C@H](C)C[C@H](C)/C=C/C=C/C=C/1C. The zero-order chi connectivity index (χ0) is 56.7. The number of hydrogen-bond acceptors (Lipinski definition) is 14. The molecule has 4 aliphatic rings. The van der Waals surface area contributed by atoms with Crippen molar-refractivity contribution in [2.45, 2.75) is 225 Å². The van der Waals surface area contributed by atoms with E-state index in [2.05, 4.69) is 33.9 Å². The van der Waals surface area contributed by atoms with Crippen molar-refractivity contribution in [1.29, 1.82) is 0 Å². The zero-order valence-corrected chi connectivity index (χ0v) is 50.1. The predicted octanol–water partition coefficient (Wildman–Crippen LogP) is 9.62. The van der Waals surface area contributed by atoms with Crippen molar-refractivity contribution in [2.75, 3.05) is 41.1 Å². The Labute approximate surface area is 457 Å². The minimum absolute atomic E-state index is 0.0172. The van der Waals surface area contributed by atoms with E-state index in [1.54, 1.807) is 41.1 Å². The van der Waals surface area contributed by atoms with Gasteiger partial charge in [-0.3, -0.25) is 19.2 Å². The molecular formula is C60H99NO14Si. The van der Waals surface area contributed by atoms with Crippen molar-refractivity contribution in [3.63, 3.8) is 0 Å². The molecule has 3 aliphatic heterocycles. The van der Waals surface area contributed by atoms with Gasteiger partial charge in [0.1, 0.15) is 30.1 Å². The maximum Gasteiger partial charge on any atom is 0.329 e. The molecule has 16 heteroatoms. The molecule has 0 aromatic carbocycles. The van der Waals surface area contributed by atoms with Gasteiger partial charge in [-0.1, -0.05) is 91.8 Å². The molecule has 0 aromatic rings. The lowest BCUT2D eigenvalue weighted by molar-refractivity contribution is -0.265. The second-order valence-corrected chi connectivity index (χ2v) is 29.2. The Kier molecular flexibility index (Phi) is 25.7. The van der Waals surface area contributed by atoms with E-state index in [0.717, 1.165) is 24.8 Å². The topological polar surface area (TPSA) is 194 Å². The molecule has 15 nitrogen and oxygen atoms in total. The fourth-order valence-corrected chi connectivity index (χ4v) is 12.2. The van der Waals surface area contributed by atoms with Crippen molar-refractivity contribution in [3.8, 4) is 0 Å². The van der Waals surface area contributed by atoms with Gasteiger partial charge in [-0.15, -0.1) is 0 Å². The number of hydrogen-bond donors (Lipinski definition) is 2. The molecule has 1 saturated carbocycles. The summed E-state index contributed by atoms with van der Waals surface area (Å²) in [6.07, 6.45) is 13.3. The van der Waals surface area contributed by atoms with Crippen LogP contribution in [0.3, 0.4) is 0 Å². The third-order valence-corrected chi connectivity index (χ3v) is 21.9. The number of carbonyl (C=O) groups is 5. The van der Waals surface area contributed by atoms with Gasteiger partial charge in [0.2, 0.25) is 5.79 Å². The average Bonchev–Trinajstić information content (AvgIpc) is 3.37. The molecule has 4 rings (SSSR count). The van der Waals surface area contributed by atoms with Gasteiger partial charge >= 0.3 is 5.97 Å². The van der Waals surface area contributed by atoms with E-state index in [0.29, 0.717) is 70.2 Å². The Bertz CT molecular complexity index is 2040. The third-order valence-electron chi connectivity index (χ3n) is 17.3. The fourth-order valence-electron chi connectivity index (χ4n) is 11.1. The number of rotatable bonds is 12. The first-order valence-corrected chi connectivity index (χ1v) is 31.3. The summed E-state index contributed by atoms with van der Waals surface area (Å²) in [4.78, 5) is 72.8. The van der Waals surface area contributed by atoms with Crippen molar-refractivity contribution < 1.29 is 67.0 Å². The molecule has 0 aromatic heterocycles. The number of esters is 1. The highest BCUT2D eigenvalue weighted by atomic mass is 28.4. The molecule has 0 radical (unpaired) electrons. The van der Waals surface area contributed by atoms with Crippen molar-refractivity contribution in [3.05, 3.63) is 47.6 Å². The van der Waals surface area contributed by atoms with Gasteiger partial charge in [0, 0.05) is 71.7 Å². The zero-order valence-electron chi connectivity index (χ0n) is 49.1. The van der Waals surface area contributed by atoms with Crippen LogP contribution in [0.15, 0.2) is 47.6 Å². The predicted molar refractivity (Wildman–Crippen MR) is 297 cm³/mol. The Balaban J connectivity index is 1.64. The molecule has 3 fully saturated rings. The van der Waals surface area contributed by atoms with Gasteiger partial charge in [0.25, 0.3) is 11.7 Å². The van der Waals surface area contributed by atoms with Crippen LogP contribution in [0.4, 0.5) is 0 Å². The lowest BCUT2D eigenvalue weighted by Crippen LogP contribution is -2.61. The van der Waals surface area contributed by atoms with Gasteiger partial charge < -0.3 is 48.0 Å². The number of cyclic esters (lactones) is 1. The first kappa shape index (κ1) is 65.3. The second kappa shape index (κ2) is 29.9. The highest BCUT2D eigenvalue weighted by Crippen LogP contribution is 2.39. The molecule has 3 heterocycles. The quantitative estimate of drug-likeness (QED) is 0.0617. The monoisotopic (exact) mass is 1090 g/mol. The number of fused-ring (bicyclic) bond motifs is 3. The maximum absolute atomic E-state index is 14.6. The number of amides is 1. The van der Waals surface area contributed by atoms with Crippen LogP contribution >= 0.6 is 0 Å². The van der Waals surface area contributed by atoms with E-state index in [1.165, 1.54) is 12.0 Å². The van der Waals surface area contributed by atoms with E-state index in [4.69, 9.17) is 32.8 Å². The summed E-state index contributed by atoms with van der Waals surface area (Å²) in [6, 6.07) is -1.14. The standard InChI is InChI=1S/C60H99NO14Si/c1-38-22-17-16-18-23-39(2)50(69-11)36-46-27-25-44(7)60(68,75-46)56(65)57(66)61-29-20-19-24-47(61)58(67)74-51(37-48(62)40(3)33-43(6)54(64)55(71-13)53(63)42(5)32-38)41(4)34-45-26-28-49(52(35-45)70-12)72-30-21-31-73-76(14,15)59(8,9)10/h16-18,22-23,33,38,40-42,44-47,49-52,54-55,64,68H,19-21,24-32,34-37H2,1-15H3/b18-16+,22-17+,39-23+,43-33+/t38-,40-,41?,42-,44-,45+,46+,47+,49-,50+,51+,52-,54-,55+,60-/m1/s1. The number of aliphatic hydroxyl groups is 2. The second-order valence-electron chi connectivity index (χ2n) is 24.4. The molecule has 1 aliphatic carbocycles. The van der Waals surface area contributed by atoms with Crippen LogP contribution in [0, 0.1) is 35.5 Å². The Hall–Kier alpha value is -3.19. The van der Waals surface area contributed by atoms with Crippen LogP contribution in [-0.4, -0.2) is 148 Å². The van der Waals surface area contributed by atoms with E-state index < -0.39 is 86.1 Å². The minimum atomic E-state index is -2.43. The summed E-state index contributed by atoms with van der Waals surface area (Å²) < 4.78 is 42.9. The largest absolute Gasteiger partial charge is 0.460 e. The normalized spacial score (nSPS) is 36.8. The molecule has 2 saturated heterocycles. The number of piperidine rings is 1. The number of allylic oxidation sites excluding steroid dienone is 6. The van der Waals surface area contributed by atoms with Crippen LogP contribution in [0.2, 0.25) is 18.1 Å². The molecule has 76 heavy (non-hydrogen) atoms. The number of aliphatic hydroxyl groups excluding tert-OH is 1. The molecule has 15 atom stereocenters. The van der Waals surface area contributed by atoms with Gasteiger partial charge in [0.15, 0.2) is 14.1 Å². The molecule has 2 bridgehead atoms. The molecule has 1 amide bonds. The minimum Gasteiger partial charge on any atom is -0.460 e. The number of Topliss-reactive ketones (excluding diaryl/α,β-unsaturated/α-hetero) is 3. The van der Waals surface area contributed by atoms with Gasteiger partial charge in [-0.2, -0.15) is 0 Å². The van der Waals surface area contributed by atoms with Crippen molar-refractivity contribution in [2.24, 2.45) is 35.5 Å². The number of nitrogens with zero attached hydrogens (tertiary/aromatic N) is 1. The van der Waals surface area contributed by atoms with Crippen LogP contribution in [0.5, 0.6) is 0 Å². The smallest absolute Gasteiger partial charge is 0.329 e. The fraction of sp³-hybridized carbons (Fsp3) is 0.783. The molecular weight excluding hydrogens is 987 g/mol. The summed E-state index contributed by atoms with van der Waals surface area (Å²) in [6.45, 7) is 25.3. The van der Waals surface area contributed by atoms with Gasteiger partial charge in [-0.05, 0) is 132 Å². The number of carbonyl (C=O) groups excluding carboxylic acids is 5.